The van der Waals surface area contributed by atoms with E-state index in [-0.39, 0.29) is 12.6 Å². The molecule has 0 spiro atoms. The van der Waals surface area contributed by atoms with E-state index in [4.69, 9.17) is 15.6 Å². The number of fused-ring (bicyclic) bond motifs is 1. The van der Waals surface area contributed by atoms with Crippen LogP contribution in [0.2, 0.25) is 0 Å². The van der Waals surface area contributed by atoms with Crippen molar-refractivity contribution in [2.75, 3.05) is 31.9 Å². The molecular weight excluding hydrogens is 501 g/mol. The van der Waals surface area contributed by atoms with Gasteiger partial charge in [0.05, 0.1) is 11.4 Å². The van der Waals surface area contributed by atoms with Gasteiger partial charge in [0, 0.05) is 37.8 Å². The maximum atomic E-state index is 15.7. The van der Waals surface area contributed by atoms with Crippen molar-refractivity contribution in [2.24, 2.45) is 0 Å². The lowest BCUT2D eigenvalue weighted by molar-refractivity contribution is 0.0328. The molecule has 2 aromatic carbocycles. The highest BCUT2D eigenvalue weighted by molar-refractivity contribution is 5.98. The smallest absolute Gasteiger partial charge is 0.407 e. The number of likely N-dealkylation sites (tertiary alicyclic amines) is 2. The fourth-order valence-electron chi connectivity index (χ4n) is 5.68. The molecule has 2 aliphatic rings. The van der Waals surface area contributed by atoms with Crippen LogP contribution in [0.25, 0.3) is 22.3 Å². The first kappa shape index (κ1) is 25.1. The number of rotatable bonds is 5. The zero-order valence-corrected chi connectivity index (χ0v) is 21.4. The summed E-state index contributed by atoms with van der Waals surface area (Å²) in [4.78, 5) is 23.4. The maximum absolute atomic E-state index is 15.7. The average Bonchev–Trinajstić information content (AvgIpc) is 3.35. The Morgan fingerprint density at radius 3 is 2.38 bits per heavy atom. The second kappa shape index (κ2) is 10.5. The molecule has 11 heteroatoms. The Kier molecular flexibility index (Phi) is 6.74. The topological polar surface area (TPSA) is 123 Å². The first-order valence-corrected chi connectivity index (χ1v) is 13.2. The molecule has 4 heterocycles. The van der Waals surface area contributed by atoms with Crippen molar-refractivity contribution in [3.63, 3.8) is 0 Å². The summed E-state index contributed by atoms with van der Waals surface area (Å²) >= 11 is 0. The number of nitrogens with two attached hydrogens (primary N) is 1. The SMILES string of the molecule is Nc1ncnc2c1c(-c1ccc(Oc3ccccc3)cc1)nn2[C@H]1CCN(C2CCN(C(=O)O)CC2)C[C@H]1F. The van der Waals surface area contributed by atoms with Crippen LogP contribution in [0.3, 0.4) is 0 Å². The number of nitrogen functional groups attached to an aromatic ring is 1. The van der Waals surface area contributed by atoms with Gasteiger partial charge in [0.2, 0.25) is 0 Å². The van der Waals surface area contributed by atoms with Gasteiger partial charge in [0.15, 0.2) is 5.65 Å². The zero-order chi connectivity index (χ0) is 26.9. The van der Waals surface area contributed by atoms with Gasteiger partial charge in [-0.1, -0.05) is 18.2 Å². The molecule has 0 unspecified atom stereocenters. The van der Waals surface area contributed by atoms with E-state index >= 15 is 4.39 Å². The number of hydrogen-bond acceptors (Lipinski definition) is 7. The van der Waals surface area contributed by atoms with Crippen LogP contribution >= 0.6 is 0 Å². The van der Waals surface area contributed by atoms with Crippen molar-refractivity contribution >= 4 is 22.9 Å². The normalized spacial score (nSPS) is 20.8. The van der Waals surface area contributed by atoms with E-state index in [0.717, 1.165) is 11.3 Å². The quantitative estimate of drug-likeness (QED) is 0.383. The predicted molar refractivity (Wildman–Crippen MR) is 144 cm³/mol. The Balaban J connectivity index is 1.23. The Labute approximate surface area is 224 Å². The fourth-order valence-corrected chi connectivity index (χ4v) is 5.68. The number of para-hydroxylation sites is 1. The molecule has 0 radical (unpaired) electrons. The number of carboxylic acid groups (broad SMARTS) is 1. The van der Waals surface area contributed by atoms with Crippen LogP contribution in [0.1, 0.15) is 25.3 Å². The molecule has 3 N–H and O–H groups in total. The Morgan fingerprint density at radius 2 is 1.69 bits per heavy atom. The number of piperidine rings is 2. The third-order valence-corrected chi connectivity index (χ3v) is 7.73. The highest BCUT2D eigenvalue weighted by Gasteiger charge is 2.37. The summed E-state index contributed by atoms with van der Waals surface area (Å²) in [7, 11) is 0. The summed E-state index contributed by atoms with van der Waals surface area (Å²) in [5.74, 6) is 1.72. The van der Waals surface area contributed by atoms with Crippen LogP contribution in [0.5, 0.6) is 11.5 Å². The highest BCUT2D eigenvalue weighted by Crippen LogP contribution is 2.36. The third-order valence-electron chi connectivity index (χ3n) is 7.73. The van der Waals surface area contributed by atoms with Crippen LogP contribution < -0.4 is 10.5 Å². The van der Waals surface area contributed by atoms with Crippen LogP contribution in [0.15, 0.2) is 60.9 Å². The largest absolute Gasteiger partial charge is 0.465 e. The summed E-state index contributed by atoms with van der Waals surface area (Å²) in [6.07, 6.45) is 1.32. The van der Waals surface area contributed by atoms with Crippen LogP contribution in [0, 0.1) is 0 Å². The van der Waals surface area contributed by atoms with E-state index < -0.39 is 18.3 Å². The number of aromatic nitrogens is 4. The van der Waals surface area contributed by atoms with Gasteiger partial charge in [-0.15, -0.1) is 0 Å². The minimum Gasteiger partial charge on any atom is -0.465 e. The summed E-state index contributed by atoms with van der Waals surface area (Å²) in [5.41, 5.74) is 8.20. The number of nitrogens with zero attached hydrogens (tertiary/aromatic N) is 6. The molecule has 10 nitrogen and oxygen atoms in total. The Bertz CT molecular complexity index is 1460. The molecule has 2 atom stereocenters. The molecule has 2 saturated heterocycles. The fraction of sp³-hybridized carbons (Fsp3) is 0.357. The molecule has 4 aromatic rings. The molecule has 1 amide bonds. The van der Waals surface area contributed by atoms with E-state index in [0.29, 0.717) is 67.2 Å². The van der Waals surface area contributed by atoms with Gasteiger partial charge in [0.25, 0.3) is 0 Å². The molecule has 2 fully saturated rings. The number of halogens is 1. The number of ether oxygens (including phenoxy) is 1. The summed E-state index contributed by atoms with van der Waals surface area (Å²) in [6, 6.07) is 16.7. The third kappa shape index (κ3) is 4.97. The lowest BCUT2D eigenvalue weighted by Crippen LogP contribution is -2.52. The standard InChI is InChI=1S/C28H30FN7O3/c29-22-16-35(19-10-13-34(14-11-19)28(37)38)15-12-23(22)36-27-24(26(30)31-17-32-27)25(33-36)18-6-8-21(9-7-18)39-20-4-2-1-3-5-20/h1-9,17,19,22-23H,10-16H2,(H,37,38)(H2,30,31,32)/t22-,23+/m1/s1. The molecule has 2 aromatic heterocycles. The number of hydrogen-bond donors (Lipinski definition) is 2. The van der Waals surface area contributed by atoms with Gasteiger partial charge in [-0.2, -0.15) is 5.10 Å². The van der Waals surface area contributed by atoms with E-state index in [2.05, 4.69) is 14.9 Å². The molecule has 0 bridgehead atoms. The number of benzene rings is 2. The molecule has 6 rings (SSSR count). The van der Waals surface area contributed by atoms with E-state index in [1.54, 1.807) is 4.68 Å². The highest BCUT2D eigenvalue weighted by atomic mass is 19.1. The van der Waals surface area contributed by atoms with Crippen molar-refractivity contribution in [3.8, 4) is 22.8 Å². The van der Waals surface area contributed by atoms with Crippen molar-refractivity contribution < 1.29 is 19.0 Å². The Morgan fingerprint density at radius 1 is 0.974 bits per heavy atom. The van der Waals surface area contributed by atoms with Crippen LogP contribution in [-0.4, -0.2) is 79.1 Å². The molecule has 202 valence electrons. The van der Waals surface area contributed by atoms with Gasteiger partial charge in [0.1, 0.15) is 35.5 Å². The summed E-state index contributed by atoms with van der Waals surface area (Å²) < 4.78 is 23.3. The monoisotopic (exact) mass is 531 g/mol. The van der Waals surface area contributed by atoms with Crippen LogP contribution in [0.4, 0.5) is 15.0 Å². The lowest BCUT2D eigenvalue weighted by atomic mass is 9.97. The maximum Gasteiger partial charge on any atom is 0.407 e. The first-order chi connectivity index (χ1) is 19.0. The molecular formula is C28H30FN7O3. The Hall–Kier alpha value is -4.25. The number of amides is 1. The van der Waals surface area contributed by atoms with Gasteiger partial charge in [-0.3, -0.25) is 4.90 Å². The van der Waals surface area contributed by atoms with Gasteiger partial charge < -0.3 is 20.5 Å². The number of alkyl halides is 1. The molecule has 39 heavy (non-hydrogen) atoms. The van der Waals surface area contributed by atoms with Gasteiger partial charge >= 0.3 is 6.09 Å². The minimum absolute atomic E-state index is 0.180. The second-order valence-electron chi connectivity index (χ2n) is 10.1. The van der Waals surface area contributed by atoms with Crippen molar-refractivity contribution in [2.45, 2.75) is 37.5 Å². The predicted octanol–water partition coefficient (Wildman–Crippen LogP) is 4.60. The minimum atomic E-state index is -1.16. The first-order valence-electron chi connectivity index (χ1n) is 13.2. The van der Waals surface area contributed by atoms with E-state index in [1.807, 2.05) is 54.6 Å². The van der Waals surface area contributed by atoms with Crippen molar-refractivity contribution in [1.29, 1.82) is 0 Å². The van der Waals surface area contributed by atoms with Gasteiger partial charge in [-0.05, 0) is 55.7 Å². The van der Waals surface area contributed by atoms with E-state index in [9.17, 15) is 9.90 Å². The molecule has 0 aliphatic carbocycles. The molecule has 2 aliphatic heterocycles. The summed E-state index contributed by atoms with van der Waals surface area (Å²) in [6.45, 7) is 1.93. The van der Waals surface area contributed by atoms with Crippen LogP contribution in [-0.2, 0) is 0 Å². The zero-order valence-electron chi connectivity index (χ0n) is 21.4. The van der Waals surface area contributed by atoms with Crippen molar-refractivity contribution in [1.82, 2.24) is 29.5 Å². The van der Waals surface area contributed by atoms with Gasteiger partial charge in [-0.25, -0.2) is 23.8 Å². The van der Waals surface area contributed by atoms with E-state index in [1.165, 1.54) is 11.2 Å². The lowest BCUT2D eigenvalue weighted by Gasteiger charge is -2.42. The average molecular weight is 532 g/mol. The number of carbonyl (C=O) groups is 1. The second-order valence-corrected chi connectivity index (χ2v) is 10.1. The molecule has 0 saturated carbocycles. The van der Waals surface area contributed by atoms with Crippen molar-refractivity contribution in [3.05, 3.63) is 60.9 Å². The number of anilines is 1. The summed E-state index contributed by atoms with van der Waals surface area (Å²) in [5, 5.41) is 14.7.